The summed E-state index contributed by atoms with van der Waals surface area (Å²) >= 11 is 0. The van der Waals surface area contributed by atoms with Gasteiger partial charge in [0.25, 0.3) is 5.91 Å². The molecule has 4 aromatic carbocycles. The highest BCUT2D eigenvalue weighted by molar-refractivity contribution is 5.82. The maximum Gasteiger partial charge on any atom is 0.251 e. The van der Waals surface area contributed by atoms with Gasteiger partial charge in [0, 0.05) is 18.8 Å². The van der Waals surface area contributed by atoms with E-state index in [1.165, 1.54) is 0 Å². The zero-order valence-electron chi connectivity index (χ0n) is 19.7. The summed E-state index contributed by atoms with van der Waals surface area (Å²) in [6.07, 6.45) is -1.30. The third-order valence-electron chi connectivity index (χ3n) is 5.95. The Labute approximate surface area is 206 Å². The van der Waals surface area contributed by atoms with Crippen molar-refractivity contribution in [2.24, 2.45) is 0 Å². The van der Waals surface area contributed by atoms with Gasteiger partial charge in [0.1, 0.15) is 5.75 Å². The van der Waals surface area contributed by atoms with Gasteiger partial charge in [-0.15, -0.1) is 0 Å². The van der Waals surface area contributed by atoms with Crippen molar-refractivity contribution < 1.29 is 14.6 Å². The molecule has 0 fully saturated rings. The molecule has 0 aliphatic carbocycles. The van der Waals surface area contributed by atoms with Crippen molar-refractivity contribution in [2.75, 3.05) is 12.0 Å². The summed E-state index contributed by atoms with van der Waals surface area (Å²) in [5.41, 5.74) is 3.77. The van der Waals surface area contributed by atoms with Gasteiger partial charge in [0.05, 0.1) is 13.2 Å². The van der Waals surface area contributed by atoms with Gasteiger partial charge in [-0.2, -0.15) is 0 Å². The van der Waals surface area contributed by atoms with Crippen molar-refractivity contribution in [1.29, 1.82) is 0 Å². The molecule has 4 rings (SSSR count). The number of carbonyl (C=O) groups is 1. The largest absolute Gasteiger partial charge is 0.497 e. The Morgan fingerprint density at radius 1 is 0.800 bits per heavy atom. The first-order valence-corrected chi connectivity index (χ1v) is 11.6. The van der Waals surface area contributed by atoms with Crippen LogP contribution in [0.1, 0.15) is 22.7 Å². The number of hydrogen-bond acceptors (Lipinski definition) is 4. The van der Waals surface area contributed by atoms with Crippen LogP contribution >= 0.6 is 0 Å². The van der Waals surface area contributed by atoms with Crippen molar-refractivity contribution >= 4 is 11.6 Å². The molecule has 0 radical (unpaired) electrons. The van der Waals surface area contributed by atoms with Crippen LogP contribution in [-0.2, 0) is 17.9 Å². The number of carbonyl (C=O) groups excluding carboxylic acids is 1. The average Bonchev–Trinajstić information content (AvgIpc) is 2.93. The predicted octanol–water partition coefficient (Wildman–Crippen LogP) is 5.12. The molecule has 2 N–H and O–H groups in total. The average molecular weight is 467 g/mol. The van der Waals surface area contributed by atoms with E-state index in [4.69, 9.17) is 4.74 Å². The molecule has 0 bridgehead atoms. The quantitative estimate of drug-likeness (QED) is 0.341. The molecule has 0 saturated heterocycles. The first-order valence-electron chi connectivity index (χ1n) is 11.6. The Morgan fingerprint density at radius 2 is 1.34 bits per heavy atom. The minimum absolute atomic E-state index is 0.347. The van der Waals surface area contributed by atoms with E-state index >= 15 is 0 Å². The first-order chi connectivity index (χ1) is 17.2. The molecule has 5 nitrogen and oxygen atoms in total. The van der Waals surface area contributed by atoms with Gasteiger partial charge < -0.3 is 20.1 Å². The maximum absolute atomic E-state index is 13.2. The molecule has 178 valence electrons. The second kappa shape index (κ2) is 11.9. The number of rotatable bonds is 10. The highest BCUT2D eigenvalue weighted by Gasteiger charge is 2.33. The van der Waals surface area contributed by atoms with Crippen molar-refractivity contribution in [3.05, 3.63) is 132 Å². The van der Waals surface area contributed by atoms with Crippen LogP contribution in [0.2, 0.25) is 0 Å². The van der Waals surface area contributed by atoms with Crippen LogP contribution in [0.3, 0.4) is 0 Å². The second-order valence-electron chi connectivity index (χ2n) is 8.32. The Bertz CT molecular complexity index is 1180. The van der Waals surface area contributed by atoms with Crippen LogP contribution in [0.5, 0.6) is 5.75 Å². The number of aliphatic hydroxyl groups excluding tert-OH is 1. The molecule has 0 unspecified atom stereocenters. The number of aliphatic hydroxyl groups is 1. The molecule has 1 amide bonds. The Kier molecular flexibility index (Phi) is 8.15. The fraction of sp³-hybridized carbons (Fsp3) is 0.167. The number of benzene rings is 4. The second-order valence-corrected chi connectivity index (χ2v) is 8.32. The SMILES string of the molecule is COc1ccc(N(Cc2ccccc2)[C@@H](c2ccccc2)[C@@H](O)C(=O)NCc2ccccc2)cc1. The summed E-state index contributed by atoms with van der Waals surface area (Å²) in [7, 11) is 1.63. The van der Waals surface area contributed by atoms with Gasteiger partial charge >= 0.3 is 0 Å². The van der Waals surface area contributed by atoms with Crippen LogP contribution in [-0.4, -0.2) is 24.2 Å². The molecular weight excluding hydrogens is 436 g/mol. The fourth-order valence-corrected chi connectivity index (χ4v) is 4.12. The van der Waals surface area contributed by atoms with Gasteiger partial charge in [0.2, 0.25) is 0 Å². The zero-order valence-corrected chi connectivity index (χ0v) is 19.7. The number of nitrogens with zero attached hydrogens (tertiary/aromatic N) is 1. The van der Waals surface area contributed by atoms with Gasteiger partial charge in [0.15, 0.2) is 6.10 Å². The maximum atomic E-state index is 13.2. The lowest BCUT2D eigenvalue weighted by Gasteiger charge is -2.37. The van der Waals surface area contributed by atoms with Gasteiger partial charge in [-0.1, -0.05) is 91.0 Å². The summed E-state index contributed by atoms with van der Waals surface area (Å²) in [6.45, 7) is 0.856. The van der Waals surface area contributed by atoms with E-state index in [1.807, 2.05) is 115 Å². The molecule has 35 heavy (non-hydrogen) atoms. The Morgan fingerprint density at radius 3 is 1.91 bits per heavy atom. The van der Waals surface area contributed by atoms with E-state index in [1.54, 1.807) is 7.11 Å². The van der Waals surface area contributed by atoms with E-state index in [9.17, 15) is 9.90 Å². The van der Waals surface area contributed by atoms with Crippen LogP contribution in [0.4, 0.5) is 5.69 Å². The highest BCUT2D eigenvalue weighted by atomic mass is 16.5. The lowest BCUT2D eigenvalue weighted by Crippen LogP contribution is -2.45. The molecule has 0 aliphatic heterocycles. The van der Waals surface area contributed by atoms with Crippen LogP contribution in [0, 0.1) is 0 Å². The number of hydrogen-bond donors (Lipinski definition) is 2. The summed E-state index contributed by atoms with van der Waals surface area (Å²) < 4.78 is 5.34. The smallest absolute Gasteiger partial charge is 0.251 e. The molecule has 0 heterocycles. The number of methoxy groups -OCH3 is 1. The number of nitrogens with one attached hydrogen (secondary N) is 1. The topological polar surface area (TPSA) is 61.8 Å². The molecule has 0 aromatic heterocycles. The third kappa shape index (κ3) is 6.28. The third-order valence-corrected chi connectivity index (χ3v) is 5.95. The molecule has 5 heteroatoms. The summed E-state index contributed by atoms with van der Waals surface area (Å²) in [4.78, 5) is 15.3. The van der Waals surface area contributed by atoms with E-state index in [2.05, 4.69) is 10.2 Å². The van der Waals surface area contributed by atoms with Crippen LogP contribution in [0.15, 0.2) is 115 Å². The van der Waals surface area contributed by atoms with Crippen LogP contribution < -0.4 is 15.0 Å². The fourth-order valence-electron chi connectivity index (χ4n) is 4.12. The predicted molar refractivity (Wildman–Crippen MR) is 139 cm³/mol. The van der Waals surface area contributed by atoms with E-state index < -0.39 is 18.1 Å². The lowest BCUT2D eigenvalue weighted by atomic mass is 9.97. The summed E-state index contributed by atoms with van der Waals surface area (Å²) in [6, 6.07) is 36.4. The van der Waals surface area contributed by atoms with E-state index in [-0.39, 0.29) is 0 Å². The van der Waals surface area contributed by atoms with Gasteiger partial charge in [-0.3, -0.25) is 4.79 Å². The van der Waals surface area contributed by atoms with Crippen molar-refractivity contribution in [3.63, 3.8) is 0 Å². The Balaban J connectivity index is 1.69. The summed E-state index contributed by atoms with van der Waals surface area (Å²) in [5.74, 6) is 0.320. The lowest BCUT2D eigenvalue weighted by molar-refractivity contribution is -0.130. The van der Waals surface area contributed by atoms with Gasteiger partial charge in [-0.05, 0) is 41.0 Å². The molecular formula is C30H30N2O3. The number of amides is 1. The van der Waals surface area contributed by atoms with Crippen molar-refractivity contribution in [2.45, 2.75) is 25.2 Å². The monoisotopic (exact) mass is 466 g/mol. The molecule has 0 saturated carbocycles. The van der Waals surface area contributed by atoms with Gasteiger partial charge in [-0.25, -0.2) is 0 Å². The van der Waals surface area contributed by atoms with Crippen LogP contribution in [0.25, 0.3) is 0 Å². The van der Waals surface area contributed by atoms with Crippen molar-refractivity contribution in [3.8, 4) is 5.75 Å². The first kappa shape index (κ1) is 24.0. The van der Waals surface area contributed by atoms with E-state index in [0.717, 1.165) is 28.1 Å². The molecule has 2 atom stereocenters. The zero-order chi connectivity index (χ0) is 24.5. The van der Waals surface area contributed by atoms with Crippen molar-refractivity contribution in [1.82, 2.24) is 5.32 Å². The highest BCUT2D eigenvalue weighted by Crippen LogP contribution is 2.33. The Hall–Kier alpha value is -4.09. The number of anilines is 1. The molecule has 0 aliphatic rings. The normalized spacial score (nSPS) is 12.4. The standard InChI is InChI=1S/C30H30N2O3/c1-35-27-19-17-26(18-20-27)32(22-24-13-7-3-8-14-24)28(25-15-9-4-10-16-25)29(33)30(34)31-21-23-11-5-2-6-12-23/h2-20,28-29,33H,21-22H2,1H3,(H,31,34)/t28-,29+/m0/s1. The molecule has 0 spiro atoms. The minimum Gasteiger partial charge on any atom is -0.497 e. The number of ether oxygens (including phenoxy) is 1. The molecule has 4 aromatic rings. The minimum atomic E-state index is -1.30. The van der Waals surface area contributed by atoms with E-state index in [0.29, 0.717) is 13.1 Å². The summed E-state index contributed by atoms with van der Waals surface area (Å²) in [5, 5.41) is 14.3.